The van der Waals surface area contributed by atoms with E-state index in [0.717, 1.165) is 15.7 Å². The molecule has 2 aromatic rings. The average molecular weight is 311 g/mol. The maximum atomic E-state index is 12.7. The number of fused-ring (bicyclic) bond motifs is 2. The van der Waals surface area contributed by atoms with Crippen molar-refractivity contribution in [2.45, 2.75) is 26.8 Å². The Balaban J connectivity index is 2.17. The van der Waals surface area contributed by atoms with Gasteiger partial charge >= 0.3 is 5.97 Å². The number of carboxylic acids is 1. The van der Waals surface area contributed by atoms with Gasteiger partial charge in [0.05, 0.1) is 11.1 Å². The van der Waals surface area contributed by atoms with Gasteiger partial charge in [0.15, 0.2) is 0 Å². The van der Waals surface area contributed by atoms with Crippen LogP contribution in [0.25, 0.3) is 10.8 Å². The number of amides is 2. The van der Waals surface area contributed by atoms with Crippen LogP contribution in [0, 0.1) is 5.41 Å². The normalized spacial score (nSPS) is 15.9. The van der Waals surface area contributed by atoms with Gasteiger partial charge in [-0.05, 0) is 28.3 Å². The highest BCUT2D eigenvalue weighted by Crippen LogP contribution is 2.34. The number of aliphatic carboxylic acids is 1. The molecular formula is C18H17NO4. The Hall–Kier alpha value is -2.69. The van der Waals surface area contributed by atoms with Crippen LogP contribution in [-0.4, -0.2) is 33.8 Å². The summed E-state index contributed by atoms with van der Waals surface area (Å²) in [6, 6.07) is 9.52. The molecular weight excluding hydrogens is 294 g/mol. The van der Waals surface area contributed by atoms with E-state index in [4.69, 9.17) is 0 Å². The summed E-state index contributed by atoms with van der Waals surface area (Å²) in [4.78, 5) is 37.9. The molecule has 2 aromatic carbocycles. The molecule has 2 amide bonds. The molecule has 1 atom stereocenters. The predicted octanol–water partition coefficient (Wildman–Crippen LogP) is 2.94. The minimum Gasteiger partial charge on any atom is -0.480 e. The lowest BCUT2D eigenvalue weighted by Crippen LogP contribution is -2.51. The lowest BCUT2D eigenvalue weighted by atomic mass is 9.85. The van der Waals surface area contributed by atoms with E-state index >= 15 is 0 Å². The van der Waals surface area contributed by atoms with E-state index in [1.165, 1.54) is 0 Å². The second-order valence-electron chi connectivity index (χ2n) is 6.83. The average Bonchev–Trinajstić information content (AvgIpc) is 2.69. The highest BCUT2D eigenvalue weighted by atomic mass is 16.4. The maximum Gasteiger partial charge on any atom is 0.327 e. The lowest BCUT2D eigenvalue weighted by molar-refractivity contribution is -0.145. The minimum absolute atomic E-state index is 0.268. The van der Waals surface area contributed by atoms with Gasteiger partial charge in [-0.25, -0.2) is 4.79 Å². The molecule has 0 bridgehead atoms. The van der Waals surface area contributed by atoms with Gasteiger partial charge in [-0.2, -0.15) is 0 Å². The molecule has 5 heteroatoms. The fraction of sp³-hybridized carbons (Fsp3) is 0.278. The summed E-state index contributed by atoms with van der Waals surface area (Å²) >= 11 is 0. The van der Waals surface area contributed by atoms with Crippen LogP contribution in [0.3, 0.4) is 0 Å². The van der Waals surface area contributed by atoms with Crippen molar-refractivity contribution in [1.82, 2.24) is 4.90 Å². The quantitative estimate of drug-likeness (QED) is 0.865. The lowest BCUT2D eigenvalue weighted by Gasteiger charge is -2.33. The van der Waals surface area contributed by atoms with Crippen LogP contribution >= 0.6 is 0 Å². The van der Waals surface area contributed by atoms with E-state index in [2.05, 4.69) is 0 Å². The van der Waals surface area contributed by atoms with Gasteiger partial charge in [-0.1, -0.05) is 45.0 Å². The highest BCUT2D eigenvalue weighted by Gasteiger charge is 2.47. The fourth-order valence-electron chi connectivity index (χ4n) is 3.05. The summed E-state index contributed by atoms with van der Waals surface area (Å²) in [6.07, 6.45) is 0. The molecule has 0 aliphatic carbocycles. The number of hydrogen-bond donors (Lipinski definition) is 1. The second-order valence-corrected chi connectivity index (χ2v) is 6.83. The highest BCUT2D eigenvalue weighted by molar-refractivity contribution is 6.24. The summed E-state index contributed by atoms with van der Waals surface area (Å²) in [7, 11) is 0. The number of benzene rings is 2. The van der Waals surface area contributed by atoms with Crippen LogP contribution in [0.4, 0.5) is 0 Å². The molecule has 1 aliphatic rings. The van der Waals surface area contributed by atoms with Crippen molar-refractivity contribution in [3.63, 3.8) is 0 Å². The largest absolute Gasteiger partial charge is 0.480 e. The number of hydrogen-bond acceptors (Lipinski definition) is 3. The molecule has 1 N–H and O–H groups in total. The molecule has 0 unspecified atom stereocenters. The predicted molar refractivity (Wildman–Crippen MR) is 85.3 cm³/mol. The van der Waals surface area contributed by atoms with Crippen LogP contribution in [0.15, 0.2) is 36.4 Å². The third-order valence-corrected chi connectivity index (χ3v) is 4.10. The Bertz CT molecular complexity index is 793. The number of carbonyl (C=O) groups is 3. The Labute approximate surface area is 133 Å². The molecule has 0 saturated heterocycles. The first-order chi connectivity index (χ1) is 10.7. The van der Waals surface area contributed by atoms with Gasteiger partial charge in [0.1, 0.15) is 6.04 Å². The number of rotatable bonds is 2. The van der Waals surface area contributed by atoms with Gasteiger partial charge in [0.2, 0.25) is 0 Å². The molecule has 5 nitrogen and oxygen atoms in total. The number of carbonyl (C=O) groups excluding carboxylic acids is 2. The molecule has 1 heterocycles. The van der Waals surface area contributed by atoms with Gasteiger partial charge in [-0.3, -0.25) is 14.5 Å². The summed E-state index contributed by atoms with van der Waals surface area (Å²) in [6.45, 7) is 5.10. The molecule has 1 aliphatic heterocycles. The Morgan fingerprint density at radius 2 is 1.43 bits per heavy atom. The fourth-order valence-corrected chi connectivity index (χ4v) is 3.05. The van der Waals surface area contributed by atoms with E-state index in [-0.39, 0.29) is 11.1 Å². The van der Waals surface area contributed by atoms with Crippen molar-refractivity contribution in [2.24, 2.45) is 5.41 Å². The second kappa shape index (κ2) is 4.91. The molecule has 0 spiro atoms. The van der Waals surface area contributed by atoms with Crippen molar-refractivity contribution in [3.05, 3.63) is 47.5 Å². The zero-order valence-corrected chi connectivity index (χ0v) is 13.2. The van der Waals surface area contributed by atoms with Crippen molar-refractivity contribution >= 4 is 28.6 Å². The van der Waals surface area contributed by atoms with Gasteiger partial charge in [-0.15, -0.1) is 0 Å². The van der Waals surface area contributed by atoms with E-state index in [1.54, 1.807) is 32.9 Å². The molecule has 118 valence electrons. The first-order valence-electron chi connectivity index (χ1n) is 7.35. The molecule has 0 fully saturated rings. The SMILES string of the molecule is CC(C)(C)[C@@H](C(=O)O)N1C(=O)c2cc3ccccc3cc2C1=O. The minimum atomic E-state index is -1.21. The summed E-state index contributed by atoms with van der Waals surface area (Å²) < 4.78 is 0. The molecule has 23 heavy (non-hydrogen) atoms. The molecule has 0 aromatic heterocycles. The summed E-state index contributed by atoms with van der Waals surface area (Å²) in [5.41, 5.74) is -0.230. The van der Waals surface area contributed by atoms with E-state index in [0.29, 0.717) is 0 Å². The zero-order valence-electron chi connectivity index (χ0n) is 13.2. The Morgan fingerprint density at radius 1 is 1.00 bits per heavy atom. The van der Waals surface area contributed by atoms with Gasteiger partial charge in [0.25, 0.3) is 11.8 Å². The van der Waals surface area contributed by atoms with Gasteiger partial charge in [0, 0.05) is 0 Å². The molecule has 0 radical (unpaired) electrons. The maximum absolute atomic E-state index is 12.7. The van der Waals surface area contributed by atoms with Crippen molar-refractivity contribution in [3.8, 4) is 0 Å². The zero-order chi connectivity index (χ0) is 16.9. The smallest absolute Gasteiger partial charge is 0.327 e. The van der Waals surface area contributed by atoms with E-state index in [1.807, 2.05) is 24.3 Å². The number of nitrogens with zero attached hydrogens (tertiary/aromatic N) is 1. The molecule has 3 rings (SSSR count). The first kappa shape index (κ1) is 15.2. The first-order valence-corrected chi connectivity index (χ1v) is 7.35. The number of carboxylic acid groups (broad SMARTS) is 1. The van der Waals surface area contributed by atoms with Crippen molar-refractivity contribution in [2.75, 3.05) is 0 Å². The topological polar surface area (TPSA) is 74.7 Å². The van der Waals surface area contributed by atoms with Crippen LogP contribution in [-0.2, 0) is 4.79 Å². The number of imide groups is 1. The van der Waals surface area contributed by atoms with E-state index < -0.39 is 29.2 Å². The van der Waals surface area contributed by atoms with Crippen LogP contribution in [0.1, 0.15) is 41.5 Å². The van der Waals surface area contributed by atoms with Crippen molar-refractivity contribution < 1.29 is 19.5 Å². The summed E-state index contributed by atoms with van der Waals surface area (Å²) in [5.74, 6) is -2.27. The standard InChI is InChI=1S/C18H17NO4/c1-18(2,3)14(17(22)23)19-15(20)12-8-10-6-4-5-7-11(10)9-13(12)16(19)21/h4-9,14H,1-3H3,(H,22,23)/t14-/m1/s1. The third kappa shape index (κ3) is 2.29. The monoisotopic (exact) mass is 311 g/mol. The summed E-state index contributed by atoms with van der Waals surface area (Å²) in [5, 5.41) is 11.2. The third-order valence-electron chi connectivity index (χ3n) is 4.10. The van der Waals surface area contributed by atoms with Gasteiger partial charge < -0.3 is 5.11 Å². The van der Waals surface area contributed by atoms with Crippen LogP contribution < -0.4 is 0 Å². The van der Waals surface area contributed by atoms with Crippen molar-refractivity contribution in [1.29, 1.82) is 0 Å². The Kier molecular flexibility index (Phi) is 3.25. The Morgan fingerprint density at radius 3 is 1.78 bits per heavy atom. The van der Waals surface area contributed by atoms with E-state index in [9.17, 15) is 19.5 Å². The van der Waals surface area contributed by atoms with Crippen LogP contribution in [0.2, 0.25) is 0 Å². The molecule has 0 saturated carbocycles. The van der Waals surface area contributed by atoms with Crippen LogP contribution in [0.5, 0.6) is 0 Å².